The summed E-state index contributed by atoms with van der Waals surface area (Å²) in [6.07, 6.45) is 3.67. The third-order valence-corrected chi connectivity index (χ3v) is 5.38. The van der Waals surface area contributed by atoms with Crippen LogP contribution >= 0.6 is 23.2 Å². The van der Waals surface area contributed by atoms with Crippen molar-refractivity contribution in [2.75, 3.05) is 4.90 Å². The van der Waals surface area contributed by atoms with Gasteiger partial charge >= 0.3 is 0 Å². The Morgan fingerprint density at radius 1 is 1.07 bits per heavy atom. The van der Waals surface area contributed by atoms with E-state index < -0.39 is 0 Å². The van der Waals surface area contributed by atoms with Gasteiger partial charge in [0.15, 0.2) is 0 Å². The van der Waals surface area contributed by atoms with Crippen LogP contribution in [0, 0.1) is 6.92 Å². The van der Waals surface area contributed by atoms with Gasteiger partial charge in [0.1, 0.15) is 0 Å². The van der Waals surface area contributed by atoms with Gasteiger partial charge in [-0.15, -0.1) is 0 Å². The lowest BCUT2D eigenvalue weighted by atomic mass is 10.0. The first-order valence-electron chi connectivity index (χ1n) is 8.65. The van der Waals surface area contributed by atoms with E-state index in [4.69, 9.17) is 23.2 Å². The molecule has 1 aliphatic rings. The van der Waals surface area contributed by atoms with Crippen molar-refractivity contribution in [1.29, 1.82) is 0 Å². The van der Waals surface area contributed by atoms with Crippen LogP contribution in [0.5, 0.6) is 0 Å². The van der Waals surface area contributed by atoms with Gasteiger partial charge in [-0.3, -0.25) is 14.4 Å². The van der Waals surface area contributed by atoms with Gasteiger partial charge in [0.25, 0.3) is 5.91 Å². The summed E-state index contributed by atoms with van der Waals surface area (Å²) in [6, 6.07) is 12.9. The Labute approximate surface area is 167 Å². The first-order chi connectivity index (χ1) is 13.0. The highest BCUT2D eigenvalue weighted by atomic mass is 35.5. The summed E-state index contributed by atoms with van der Waals surface area (Å²) in [5.41, 5.74) is 4.65. The normalized spacial score (nSPS) is 14.9. The van der Waals surface area contributed by atoms with Crippen LogP contribution in [0.2, 0.25) is 10.0 Å². The largest absolute Gasteiger partial charge is 0.273 e. The third-order valence-electron chi connectivity index (χ3n) is 4.77. The number of nitrogens with zero attached hydrogens (tertiary/aromatic N) is 3. The summed E-state index contributed by atoms with van der Waals surface area (Å²) in [4.78, 5) is 15.0. The van der Waals surface area contributed by atoms with Crippen molar-refractivity contribution in [2.45, 2.75) is 20.4 Å². The fraction of sp³-hybridized carbons (Fsp3) is 0.143. The fourth-order valence-corrected chi connectivity index (χ4v) is 3.95. The van der Waals surface area contributed by atoms with Gasteiger partial charge < -0.3 is 0 Å². The lowest BCUT2D eigenvalue weighted by molar-refractivity contribution is -0.112. The molecule has 0 saturated heterocycles. The number of hydrogen-bond donors (Lipinski definition) is 0. The van der Waals surface area contributed by atoms with Crippen molar-refractivity contribution < 1.29 is 4.79 Å². The van der Waals surface area contributed by atoms with E-state index >= 15 is 0 Å². The number of benzene rings is 2. The van der Waals surface area contributed by atoms with E-state index in [1.54, 1.807) is 29.3 Å². The van der Waals surface area contributed by atoms with Crippen LogP contribution in [-0.4, -0.2) is 15.7 Å². The molecule has 0 spiro atoms. The molecule has 2 heterocycles. The Morgan fingerprint density at radius 2 is 1.78 bits per heavy atom. The van der Waals surface area contributed by atoms with Gasteiger partial charge in [-0.2, -0.15) is 5.10 Å². The molecular formula is C21H17Cl2N3O. The van der Waals surface area contributed by atoms with Crippen molar-refractivity contribution in [3.8, 4) is 0 Å². The predicted molar refractivity (Wildman–Crippen MR) is 111 cm³/mol. The number of aromatic nitrogens is 2. The minimum Gasteiger partial charge on any atom is -0.273 e. The first kappa shape index (κ1) is 17.8. The molecule has 0 N–H and O–H groups in total. The Hall–Kier alpha value is -2.56. The summed E-state index contributed by atoms with van der Waals surface area (Å²) in [6.45, 7) is 4.81. The van der Waals surface area contributed by atoms with E-state index in [2.05, 4.69) is 5.10 Å². The van der Waals surface area contributed by atoms with Gasteiger partial charge in [0.2, 0.25) is 0 Å². The molecule has 1 aliphatic heterocycles. The van der Waals surface area contributed by atoms with E-state index in [9.17, 15) is 4.79 Å². The van der Waals surface area contributed by atoms with E-state index in [-0.39, 0.29) is 5.91 Å². The minimum atomic E-state index is -0.158. The number of fused-ring (bicyclic) bond motifs is 1. The zero-order valence-electron chi connectivity index (χ0n) is 14.9. The summed E-state index contributed by atoms with van der Waals surface area (Å²) in [7, 11) is 0. The number of aryl methyl sites for hydroxylation is 1. The maximum atomic E-state index is 13.4. The number of para-hydroxylation sites is 2. The smallest absolute Gasteiger partial charge is 0.263 e. The van der Waals surface area contributed by atoms with Crippen LogP contribution in [0.15, 0.2) is 48.7 Å². The number of anilines is 2. The van der Waals surface area contributed by atoms with Crippen molar-refractivity contribution in [3.63, 3.8) is 0 Å². The van der Waals surface area contributed by atoms with Crippen LogP contribution in [0.4, 0.5) is 11.4 Å². The second kappa shape index (κ2) is 6.87. The molecule has 4 nitrogen and oxygen atoms in total. The number of rotatable bonds is 3. The van der Waals surface area contributed by atoms with Crippen LogP contribution < -0.4 is 4.90 Å². The first-order valence-corrected chi connectivity index (χ1v) is 9.40. The number of amides is 1. The molecule has 6 heteroatoms. The molecule has 0 fully saturated rings. The molecule has 3 aromatic rings. The van der Waals surface area contributed by atoms with Crippen LogP contribution in [0.25, 0.3) is 11.6 Å². The van der Waals surface area contributed by atoms with E-state index in [0.717, 1.165) is 29.1 Å². The van der Waals surface area contributed by atoms with Gasteiger partial charge in [-0.25, -0.2) is 0 Å². The monoisotopic (exact) mass is 397 g/mol. The molecule has 0 unspecified atom stereocenters. The minimum absolute atomic E-state index is 0.158. The Balaban J connectivity index is 1.90. The van der Waals surface area contributed by atoms with Gasteiger partial charge in [-0.1, -0.05) is 47.5 Å². The Kier molecular flexibility index (Phi) is 4.54. The molecule has 0 aliphatic carbocycles. The SMILES string of the molecule is CCn1ncc(C=C2C(=O)N(c3c(Cl)cccc3Cl)c3ccccc32)c1C. The molecule has 2 aromatic carbocycles. The molecule has 0 radical (unpaired) electrons. The van der Waals surface area contributed by atoms with Crippen molar-refractivity contribution >= 4 is 52.1 Å². The van der Waals surface area contributed by atoms with Gasteiger partial charge in [0, 0.05) is 23.4 Å². The highest BCUT2D eigenvalue weighted by molar-refractivity contribution is 6.44. The maximum Gasteiger partial charge on any atom is 0.263 e. The van der Waals surface area contributed by atoms with Gasteiger partial charge in [-0.05, 0) is 38.1 Å². The summed E-state index contributed by atoms with van der Waals surface area (Å²) in [5, 5.41) is 5.23. The van der Waals surface area contributed by atoms with Gasteiger partial charge in [0.05, 0.1) is 33.2 Å². The summed E-state index contributed by atoms with van der Waals surface area (Å²) in [5.74, 6) is -0.158. The number of carbonyl (C=O) groups is 1. The molecular weight excluding hydrogens is 381 g/mol. The van der Waals surface area contributed by atoms with E-state index in [0.29, 0.717) is 21.3 Å². The van der Waals surface area contributed by atoms with E-state index in [1.807, 2.05) is 48.9 Å². The third kappa shape index (κ3) is 2.85. The topological polar surface area (TPSA) is 38.1 Å². The molecule has 0 saturated carbocycles. The molecule has 136 valence electrons. The molecule has 4 rings (SSSR count). The lowest BCUT2D eigenvalue weighted by Gasteiger charge is -2.20. The molecule has 1 amide bonds. The highest BCUT2D eigenvalue weighted by Gasteiger charge is 2.35. The van der Waals surface area contributed by atoms with Crippen molar-refractivity contribution in [2.24, 2.45) is 0 Å². The number of halogens is 2. The average molecular weight is 398 g/mol. The lowest BCUT2D eigenvalue weighted by Crippen LogP contribution is -2.21. The standard InChI is InChI=1S/C21H17Cl2N3O/c1-3-25-13(2)14(12-24-25)11-16-15-7-4-5-10-19(15)26(21(16)27)20-17(22)8-6-9-18(20)23/h4-12H,3H2,1-2H3. The van der Waals surface area contributed by atoms with Crippen molar-refractivity contribution in [1.82, 2.24) is 9.78 Å². The fourth-order valence-electron chi connectivity index (χ4n) is 3.38. The molecule has 27 heavy (non-hydrogen) atoms. The zero-order valence-corrected chi connectivity index (χ0v) is 16.4. The number of hydrogen-bond acceptors (Lipinski definition) is 2. The predicted octanol–water partition coefficient (Wildman–Crippen LogP) is 5.74. The maximum absolute atomic E-state index is 13.4. The summed E-state index contributed by atoms with van der Waals surface area (Å²) < 4.78 is 1.90. The molecule has 1 aromatic heterocycles. The number of carbonyl (C=O) groups excluding carboxylic acids is 1. The molecule has 0 atom stereocenters. The van der Waals surface area contributed by atoms with E-state index in [1.165, 1.54) is 0 Å². The Bertz CT molecular complexity index is 1060. The molecule has 0 bridgehead atoms. The highest BCUT2D eigenvalue weighted by Crippen LogP contribution is 2.46. The van der Waals surface area contributed by atoms with Crippen LogP contribution in [-0.2, 0) is 11.3 Å². The second-order valence-corrected chi connectivity index (χ2v) is 7.10. The quantitative estimate of drug-likeness (QED) is 0.528. The van der Waals surface area contributed by atoms with Crippen molar-refractivity contribution in [3.05, 3.63) is 75.5 Å². The Morgan fingerprint density at radius 3 is 2.44 bits per heavy atom. The van der Waals surface area contributed by atoms with Crippen LogP contribution in [0.1, 0.15) is 23.7 Å². The second-order valence-electron chi connectivity index (χ2n) is 6.29. The zero-order chi connectivity index (χ0) is 19.1. The summed E-state index contributed by atoms with van der Waals surface area (Å²) >= 11 is 12.8. The van der Waals surface area contributed by atoms with Crippen LogP contribution in [0.3, 0.4) is 0 Å². The average Bonchev–Trinajstić information content (AvgIpc) is 3.14.